The number of anilines is 1. The van der Waals surface area contributed by atoms with Gasteiger partial charge < -0.3 is 4.57 Å². The molecule has 0 amide bonds. The third kappa shape index (κ3) is 2.60. The lowest BCUT2D eigenvalue weighted by molar-refractivity contribution is 0.705. The quantitative estimate of drug-likeness (QED) is 0.432. The molecule has 27 heavy (non-hydrogen) atoms. The number of pyridine rings is 1. The third-order valence-corrected chi connectivity index (χ3v) is 4.53. The van der Waals surface area contributed by atoms with Crippen molar-refractivity contribution in [2.75, 3.05) is 5.43 Å². The molecule has 0 atom stereocenters. The Morgan fingerprint density at radius 2 is 1.81 bits per heavy atom. The molecular weight excluding hydrogens is 346 g/mol. The van der Waals surface area contributed by atoms with E-state index in [1.54, 1.807) is 31.1 Å². The maximum atomic E-state index is 12.4. The number of nitrogens with one attached hydrogen (secondary N) is 1. The number of nitrogens with zero attached hydrogens (tertiary/aromatic N) is 6. The van der Waals surface area contributed by atoms with Crippen LogP contribution in [0.15, 0.2) is 51.2 Å². The average molecular weight is 363 g/mol. The summed E-state index contributed by atoms with van der Waals surface area (Å²) in [4.78, 5) is 33.1. The standard InChI is InChI=1S/C18H17N7O2/c1-23-14-15(24(2)18(27)25(3)16(14)26)21-17(23)22-20-10-11-8-9-19-13-7-5-4-6-12(11)13/h4-10H,1-3H3,(H,21,22)/b20-10+. The molecule has 0 saturated carbocycles. The van der Waals surface area contributed by atoms with Crippen LogP contribution >= 0.6 is 0 Å². The maximum Gasteiger partial charge on any atom is 0.332 e. The number of hydrazone groups is 1. The van der Waals surface area contributed by atoms with Crippen LogP contribution in [0.3, 0.4) is 0 Å². The summed E-state index contributed by atoms with van der Waals surface area (Å²) in [5, 5.41) is 5.22. The number of para-hydroxylation sites is 1. The van der Waals surface area contributed by atoms with Crippen LogP contribution in [0.4, 0.5) is 5.95 Å². The van der Waals surface area contributed by atoms with Crippen LogP contribution in [0.5, 0.6) is 0 Å². The van der Waals surface area contributed by atoms with Crippen LogP contribution in [0.25, 0.3) is 22.1 Å². The van der Waals surface area contributed by atoms with Gasteiger partial charge in [-0.25, -0.2) is 10.2 Å². The highest BCUT2D eigenvalue weighted by Gasteiger charge is 2.16. The predicted molar refractivity (Wildman–Crippen MR) is 104 cm³/mol. The van der Waals surface area contributed by atoms with Gasteiger partial charge in [0.2, 0.25) is 5.95 Å². The van der Waals surface area contributed by atoms with Gasteiger partial charge in [-0.3, -0.25) is 18.9 Å². The third-order valence-electron chi connectivity index (χ3n) is 4.53. The van der Waals surface area contributed by atoms with E-state index in [4.69, 9.17) is 0 Å². The summed E-state index contributed by atoms with van der Waals surface area (Å²) in [6.07, 6.45) is 3.39. The molecule has 0 spiro atoms. The lowest BCUT2D eigenvalue weighted by Gasteiger charge is -2.03. The first kappa shape index (κ1) is 16.7. The number of hydrogen-bond donors (Lipinski definition) is 1. The molecule has 136 valence electrons. The summed E-state index contributed by atoms with van der Waals surface area (Å²) in [5.41, 5.74) is 4.42. The fourth-order valence-corrected chi connectivity index (χ4v) is 3.01. The molecule has 0 aliphatic heterocycles. The number of hydrogen-bond acceptors (Lipinski definition) is 6. The van der Waals surface area contributed by atoms with Gasteiger partial charge in [0.15, 0.2) is 11.2 Å². The van der Waals surface area contributed by atoms with Crippen LogP contribution in [0.1, 0.15) is 5.56 Å². The van der Waals surface area contributed by atoms with Crippen molar-refractivity contribution in [3.63, 3.8) is 0 Å². The monoisotopic (exact) mass is 363 g/mol. The Balaban J connectivity index is 1.74. The number of imidazole rings is 1. The molecule has 0 aliphatic rings. The molecule has 0 radical (unpaired) electrons. The zero-order valence-corrected chi connectivity index (χ0v) is 15.0. The highest BCUT2D eigenvalue weighted by atomic mass is 16.2. The molecule has 0 fully saturated rings. The highest BCUT2D eigenvalue weighted by molar-refractivity contribution is 5.98. The zero-order chi connectivity index (χ0) is 19.1. The summed E-state index contributed by atoms with van der Waals surface area (Å²) in [7, 11) is 4.71. The summed E-state index contributed by atoms with van der Waals surface area (Å²) in [6, 6.07) is 9.64. The molecular formula is C18H17N7O2. The van der Waals surface area contributed by atoms with Crippen LogP contribution in [-0.2, 0) is 21.1 Å². The maximum absolute atomic E-state index is 12.4. The smallest absolute Gasteiger partial charge is 0.306 e. The van der Waals surface area contributed by atoms with Gasteiger partial charge in [-0.2, -0.15) is 10.1 Å². The number of aryl methyl sites for hydroxylation is 2. The van der Waals surface area contributed by atoms with E-state index in [1.165, 1.54) is 11.6 Å². The molecule has 9 heteroatoms. The van der Waals surface area contributed by atoms with Gasteiger partial charge in [-0.1, -0.05) is 18.2 Å². The summed E-state index contributed by atoms with van der Waals surface area (Å²) in [5.74, 6) is 0.359. The summed E-state index contributed by atoms with van der Waals surface area (Å²) < 4.78 is 3.97. The first-order chi connectivity index (χ1) is 13.0. The summed E-state index contributed by atoms with van der Waals surface area (Å²) >= 11 is 0. The van der Waals surface area contributed by atoms with Crippen molar-refractivity contribution < 1.29 is 0 Å². The summed E-state index contributed by atoms with van der Waals surface area (Å²) in [6.45, 7) is 0. The van der Waals surface area contributed by atoms with Gasteiger partial charge in [0, 0.05) is 38.3 Å². The van der Waals surface area contributed by atoms with Gasteiger partial charge >= 0.3 is 5.69 Å². The Labute approximate surface area is 153 Å². The molecule has 0 bridgehead atoms. The van der Waals surface area contributed by atoms with Crippen LogP contribution < -0.4 is 16.7 Å². The van der Waals surface area contributed by atoms with E-state index in [0.717, 1.165) is 21.0 Å². The molecule has 3 aromatic heterocycles. The Morgan fingerprint density at radius 1 is 1.04 bits per heavy atom. The fourth-order valence-electron chi connectivity index (χ4n) is 3.01. The number of aromatic nitrogens is 5. The van der Waals surface area contributed by atoms with Crippen molar-refractivity contribution >= 4 is 34.2 Å². The fraction of sp³-hybridized carbons (Fsp3) is 0.167. The average Bonchev–Trinajstić information content (AvgIpc) is 3.01. The van der Waals surface area contributed by atoms with Crippen LogP contribution in [-0.4, -0.2) is 29.9 Å². The molecule has 4 aromatic rings. The lowest BCUT2D eigenvalue weighted by atomic mass is 10.1. The van der Waals surface area contributed by atoms with E-state index >= 15 is 0 Å². The molecule has 1 N–H and O–H groups in total. The van der Waals surface area contributed by atoms with E-state index in [2.05, 4.69) is 20.5 Å². The van der Waals surface area contributed by atoms with Crippen molar-refractivity contribution in [2.45, 2.75) is 0 Å². The van der Waals surface area contributed by atoms with E-state index in [1.807, 2.05) is 30.3 Å². The minimum absolute atomic E-state index is 0.303. The largest absolute Gasteiger partial charge is 0.332 e. The lowest BCUT2D eigenvalue weighted by Crippen LogP contribution is -2.37. The van der Waals surface area contributed by atoms with E-state index < -0.39 is 11.2 Å². The minimum Gasteiger partial charge on any atom is -0.306 e. The van der Waals surface area contributed by atoms with E-state index in [-0.39, 0.29) is 0 Å². The van der Waals surface area contributed by atoms with Gasteiger partial charge in [0.1, 0.15) is 0 Å². The zero-order valence-electron chi connectivity index (χ0n) is 15.0. The minimum atomic E-state index is -0.427. The number of fused-ring (bicyclic) bond motifs is 2. The Hall–Kier alpha value is -3.75. The highest BCUT2D eigenvalue weighted by Crippen LogP contribution is 2.15. The van der Waals surface area contributed by atoms with Crippen molar-refractivity contribution in [3.8, 4) is 0 Å². The van der Waals surface area contributed by atoms with Gasteiger partial charge in [-0.05, 0) is 12.1 Å². The number of rotatable bonds is 3. The second-order valence-electron chi connectivity index (χ2n) is 6.16. The van der Waals surface area contributed by atoms with Crippen molar-refractivity contribution in [1.82, 2.24) is 23.7 Å². The molecule has 0 saturated heterocycles. The first-order valence-corrected chi connectivity index (χ1v) is 8.24. The normalized spacial score (nSPS) is 11.7. The molecule has 0 aliphatic carbocycles. The van der Waals surface area contributed by atoms with Gasteiger partial charge in [0.25, 0.3) is 5.56 Å². The molecule has 4 rings (SSSR count). The van der Waals surface area contributed by atoms with Gasteiger partial charge in [0.05, 0.1) is 11.7 Å². The topological polar surface area (TPSA) is 99.1 Å². The van der Waals surface area contributed by atoms with E-state index in [0.29, 0.717) is 17.1 Å². The molecule has 3 heterocycles. The predicted octanol–water partition coefficient (Wildman–Crippen LogP) is 0.965. The van der Waals surface area contributed by atoms with Crippen molar-refractivity contribution in [2.24, 2.45) is 26.2 Å². The SMILES string of the molecule is Cn1c(=O)c2c(nc(N/N=C/c3ccnc4ccccc34)n2C)n(C)c1=O. The first-order valence-electron chi connectivity index (χ1n) is 8.24. The Bertz CT molecular complexity index is 1320. The second kappa shape index (κ2) is 6.20. The number of benzene rings is 1. The molecule has 0 unspecified atom stereocenters. The van der Waals surface area contributed by atoms with Crippen LogP contribution in [0.2, 0.25) is 0 Å². The van der Waals surface area contributed by atoms with Crippen molar-refractivity contribution in [1.29, 1.82) is 0 Å². The molecule has 9 nitrogen and oxygen atoms in total. The van der Waals surface area contributed by atoms with E-state index in [9.17, 15) is 9.59 Å². The van der Waals surface area contributed by atoms with Gasteiger partial charge in [-0.15, -0.1) is 0 Å². The second-order valence-corrected chi connectivity index (χ2v) is 6.16. The molecule has 1 aromatic carbocycles. The van der Waals surface area contributed by atoms with Crippen LogP contribution in [0, 0.1) is 0 Å². The van der Waals surface area contributed by atoms with Crippen molar-refractivity contribution in [3.05, 3.63) is 62.9 Å². The Kier molecular flexibility index (Phi) is 3.84. The Morgan fingerprint density at radius 3 is 2.63 bits per heavy atom.